The van der Waals surface area contributed by atoms with E-state index in [0.29, 0.717) is 16.4 Å². The van der Waals surface area contributed by atoms with Gasteiger partial charge in [0.25, 0.3) is 7.71 Å². The molecule has 2 aromatic carbocycles. The molecule has 0 fully saturated rings. The number of Topliss-reactive ketones (excluding diaryl/α,β-unsaturated/α-hetero) is 1. The highest BCUT2D eigenvalue weighted by Gasteiger charge is 2.57. The van der Waals surface area contributed by atoms with Crippen LogP contribution in [0.2, 0.25) is 0 Å². The molecule has 2 aromatic rings. The minimum absolute atomic E-state index is 0.0221. The highest BCUT2D eigenvalue weighted by Crippen LogP contribution is 2.71. The zero-order valence-corrected chi connectivity index (χ0v) is 17.8. The van der Waals surface area contributed by atoms with Crippen molar-refractivity contribution in [2.45, 2.75) is 0 Å². The van der Waals surface area contributed by atoms with Crippen LogP contribution in [-0.2, 0) is 0 Å². The first-order valence-corrected chi connectivity index (χ1v) is 10.4. The molecule has 6 heteroatoms. The van der Waals surface area contributed by atoms with Crippen molar-refractivity contribution in [2.75, 3.05) is 42.3 Å². The van der Waals surface area contributed by atoms with Crippen molar-refractivity contribution in [1.29, 1.82) is 0 Å². The van der Waals surface area contributed by atoms with E-state index in [1.807, 2.05) is 105 Å². The first-order valence-electron chi connectivity index (χ1n) is 8.76. The number of allylic oxidation sites excluding steroid dienone is 1. The Morgan fingerprint density at radius 3 is 1.44 bits per heavy atom. The van der Waals surface area contributed by atoms with Crippen molar-refractivity contribution in [3.63, 3.8) is 0 Å². The molecule has 0 bridgehead atoms. The topological polar surface area (TPSA) is 47.0 Å². The second-order valence-corrected chi connectivity index (χ2v) is 10.9. The molecule has 0 heterocycles. The molecule has 0 aromatic heterocycles. The molecule has 0 aliphatic heterocycles. The third-order valence-corrected chi connectivity index (χ3v) is 8.86. The maximum Gasteiger partial charge on any atom is 0.268 e. The van der Waals surface area contributed by atoms with Crippen LogP contribution in [0.25, 0.3) is 5.76 Å². The zero-order chi connectivity index (χ0) is 20.2. The van der Waals surface area contributed by atoms with Crippen LogP contribution < -0.4 is 0 Å². The lowest BCUT2D eigenvalue weighted by atomic mass is 10.1. The van der Waals surface area contributed by atoms with Crippen LogP contribution in [-0.4, -0.2) is 67.2 Å². The molecular formula is C21H29N3O2P+. The highest BCUT2D eigenvalue weighted by atomic mass is 31.2. The average Bonchev–Trinajstić information content (AvgIpc) is 2.65. The number of aliphatic hydroxyl groups excluding tert-OH is 1. The van der Waals surface area contributed by atoms with Gasteiger partial charge < -0.3 is 5.11 Å². The Bertz CT molecular complexity index is 781. The Morgan fingerprint density at radius 2 is 1.07 bits per heavy atom. The predicted molar refractivity (Wildman–Crippen MR) is 115 cm³/mol. The Morgan fingerprint density at radius 1 is 0.704 bits per heavy atom. The fourth-order valence-corrected chi connectivity index (χ4v) is 7.68. The van der Waals surface area contributed by atoms with E-state index < -0.39 is 7.71 Å². The molecule has 2 rings (SSSR count). The van der Waals surface area contributed by atoms with Gasteiger partial charge in [0, 0.05) is 53.4 Å². The van der Waals surface area contributed by atoms with Crippen molar-refractivity contribution in [3.05, 3.63) is 77.1 Å². The molecule has 5 nitrogen and oxygen atoms in total. The Hall–Kier alpha value is -2.04. The van der Waals surface area contributed by atoms with Gasteiger partial charge in [-0.3, -0.25) is 4.79 Å². The van der Waals surface area contributed by atoms with Crippen LogP contribution in [0.15, 0.2) is 66.0 Å². The maximum absolute atomic E-state index is 13.6. The number of benzene rings is 2. The molecule has 0 spiro atoms. The monoisotopic (exact) mass is 386 g/mol. The molecule has 0 aliphatic rings. The standard InChI is InChI=1S/C21H28N3O2P/c1-22(2)27(23(3)4,24(5)6)21(19(25)17-13-9-7-10-14-17)20(26)18-15-11-8-12-16-18/h7-16H,1-6H3/p+1. The van der Waals surface area contributed by atoms with Gasteiger partial charge >= 0.3 is 0 Å². The molecule has 144 valence electrons. The summed E-state index contributed by atoms with van der Waals surface area (Å²) in [5.74, 6) is -0.143. The molecule has 0 atom stereocenters. The normalized spacial score (nSPS) is 13.2. The zero-order valence-electron chi connectivity index (χ0n) is 16.9. The number of hydrogen-bond acceptors (Lipinski definition) is 5. The lowest BCUT2D eigenvalue weighted by Crippen LogP contribution is -2.39. The first kappa shape index (κ1) is 21.3. The van der Waals surface area contributed by atoms with Gasteiger partial charge in [-0.15, -0.1) is 14.0 Å². The molecule has 0 unspecified atom stereocenters. The predicted octanol–water partition coefficient (Wildman–Crippen LogP) is 4.24. The fraction of sp³-hybridized carbons (Fsp3) is 0.286. The molecule has 27 heavy (non-hydrogen) atoms. The summed E-state index contributed by atoms with van der Waals surface area (Å²) in [6.07, 6.45) is 0. The molecule has 0 saturated heterocycles. The van der Waals surface area contributed by atoms with Crippen LogP contribution in [0.5, 0.6) is 0 Å². The second-order valence-electron chi connectivity index (χ2n) is 6.87. The molecule has 1 N–H and O–H groups in total. The number of hydrogen-bond donors (Lipinski definition) is 1. The van der Waals surface area contributed by atoms with E-state index in [2.05, 4.69) is 0 Å². The fourth-order valence-electron chi connectivity index (χ4n) is 3.52. The SMILES string of the molecule is CN(C)[P+](C(C(=O)c1ccccc1)=C(O)c1ccccc1)(N(C)C)N(C)C. The van der Waals surface area contributed by atoms with E-state index in [4.69, 9.17) is 0 Å². The summed E-state index contributed by atoms with van der Waals surface area (Å²) in [5.41, 5.74) is 1.19. The first-order chi connectivity index (χ1) is 12.7. The van der Waals surface area contributed by atoms with Gasteiger partial charge in [-0.25, -0.2) is 0 Å². The Kier molecular flexibility index (Phi) is 6.90. The summed E-state index contributed by atoms with van der Waals surface area (Å²) >= 11 is 0. The van der Waals surface area contributed by atoms with Gasteiger partial charge in [0.2, 0.25) is 11.1 Å². The van der Waals surface area contributed by atoms with Gasteiger partial charge in [-0.05, 0) is 0 Å². The van der Waals surface area contributed by atoms with Crippen LogP contribution in [0.1, 0.15) is 15.9 Å². The molecule has 0 saturated carbocycles. The van der Waals surface area contributed by atoms with Crippen LogP contribution in [0, 0.1) is 0 Å². The van der Waals surface area contributed by atoms with E-state index in [1.54, 1.807) is 12.1 Å². The summed E-state index contributed by atoms with van der Waals surface area (Å²) in [5, 5.41) is 11.7. The number of ketones is 1. The van der Waals surface area contributed by atoms with Crippen molar-refractivity contribution < 1.29 is 9.90 Å². The third kappa shape index (κ3) is 3.97. The van der Waals surface area contributed by atoms with Crippen molar-refractivity contribution in [2.24, 2.45) is 0 Å². The molecule has 0 radical (unpaired) electrons. The minimum atomic E-state index is -2.49. The summed E-state index contributed by atoms with van der Waals surface area (Å²) in [4.78, 5) is 13.6. The van der Waals surface area contributed by atoms with E-state index in [-0.39, 0.29) is 11.5 Å². The van der Waals surface area contributed by atoms with E-state index in [1.165, 1.54) is 0 Å². The third-order valence-electron chi connectivity index (χ3n) is 4.50. The molecule has 0 aliphatic carbocycles. The number of aliphatic hydroxyl groups is 1. The summed E-state index contributed by atoms with van der Waals surface area (Å²) in [7, 11) is 9.21. The lowest BCUT2D eigenvalue weighted by Gasteiger charge is -2.40. The smallest absolute Gasteiger partial charge is 0.268 e. The number of nitrogens with zero attached hydrogens (tertiary/aromatic N) is 3. The van der Waals surface area contributed by atoms with E-state index >= 15 is 0 Å². The lowest BCUT2D eigenvalue weighted by molar-refractivity contribution is 0.103. The molecule has 0 amide bonds. The summed E-state index contributed by atoms with van der Waals surface area (Å²) < 4.78 is 6.13. The Balaban J connectivity index is 2.86. The number of carbonyl (C=O) groups is 1. The van der Waals surface area contributed by atoms with Gasteiger partial charge in [0.1, 0.15) is 0 Å². The quantitative estimate of drug-likeness (QED) is 0.334. The van der Waals surface area contributed by atoms with Gasteiger partial charge in [0.15, 0.2) is 5.76 Å². The highest BCUT2D eigenvalue weighted by molar-refractivity contribution is 7.74. The molecular weight excluding hydrogens is 357 g/mol. The van der Waals surface area contributed by atoms with Crippen molar-refractivity contribution in [1.82, 2.24) is 14.0 Å². The van der Waals surface area contributed by atoms with Gasteiger partial charge in [-0.2, -0.15) is 0 Å². The van der Waals surface area contributed by atoms with Gasteiger partial charge in [-0.1, -0.05) is 60.7 Å². The van der Waals surface area contributed by atoms with Crippen LogP contribution in [0.3, 0.4) is 0 Å². The van der Waals surface area contributed by atoms with E-state index in [9.17, 15) is 9.90 Å². The van der Waals surface area contributed by atoms with Crippen LogP contribution >= 0.6 is 7.71 Å². The second kappa shape index (κ2) is 8.77. The summed E-state index contributed by atoms with van der Waals surface area (Å²) in [6, 6.07) is 18.4. The summed E-state index contributed by atoms with van der Waals surface area (Å²) in [6.45, 7) is 0. The minimum Gasteiger partial charge on any atom is -0.503 e. The van der Waals surface area contributed by atoms with E-state index in [0.717, 1.165) is 0 Å². The maximum atomic E-state index is 13.6. The number of rotatable bonds is 7. The average molecular weight is 386 g/mol. The number of carbonyl (C=O) groups excluding carboxylic acids is 1. The largest absolute Gasteiger partial charge is 0.503 e. The van der Waals surface area contributed by atoms with Gasteiger partial charge in [0.05, 0.1) is 0 Å². The van der Waals surface area contributed by atoms with Crippen molar-refractivity contribution >= 4 is 19.3 Å². The Labute approximate surface area is 163 Å². The van der Waals surface area contributed by atoms with Crippen LogP contribution in [0.4, 0.5) is 0 Å². The van der Waals surface area contributed by atoms with Crippen molar-refractivity contribution in [3.8, 4) is 0 Å².